The minimum absolute atomic E-state index is 0.0997. The Balaban J connectivity index is 1.79. The molecule has 3 heterocycles. The van der Waals surface area contributed by atoms with Gasteiger partial charge in [0.2, 0.25) is 0 Å². The number of ether oxygens (including phenoxy) is 3. The first-order valence-electron chi connectivity index (χ1n) is 7.23. The minimum atomic E-state index is -0.0997. The summed E-state index contributed by atoms with van der Waals surface area (Å²) >= 11 is 0. The van der Waals surface area contributed by atoms with Crippen LogP contribution in [0.15, 0.2) is 12.4 Å². The molecule has 0 saturated carbocycles. The fourth-order valence-electron chi connectivity index (χ4n) is 2.84. The molecule has 1 aromatic heterocycles. The summed E-state index contributed by atoms with van der Waals surface area (Å²) in [5, 5.41) is 0. The van der Waals surface area contributed by atoms with Crippen molar-refractivity contribution in [2.24, 2.45) is 0 Å². The molecule has 2 saturated heterocycles. The number of rotatable bonds is 3. The monoisotopic (exact) mass is 279 g/mol. The lowest BCUT2D eigenvalue weighted by atomic mass is 9.92. The molecule has 2 aliphatic heterocycles. The van der Waals surface area contributed by atoms with E-state index in [4.69, 9.17) is 14.2 Å². The second kappa shape index (κ2) is 5.93. The molecule has 20 heavy (non-hydrogen) atoms. The molecule has 6 heteroatoms. The van der Waals surface area contributed by atoms with Crippen LogP contribution in [-0.4, -0.2) is 55.1 Å². The van der Waals surface area contributed by atoms with Crippen LogP contribution in [0.5, 0.6) is 5.88 Å². The standard InChI is InChI=1S/C14H21N3O3/c1-2-19-13-12(15-5-6-16-13)17-7-10-20-14(11-17)3-8-18-9-4-14/h5-6H,2-4,7-11H2,1H3. The third-order valence-corrected chi connectivity index (χ3v) is 3.88. The largest absolute Gasteiger partial charge is 0.475 e. The van der Waals surface area contributed by atoms with E-state index in [1.165, 1.54) is 0 Å². The van der Waals surface area contributed by atoms with Crippen molar-refractivity contribution in [2.45, 2.75) is 25.4 Å². The van der Waals surface area contributed by atoms with Crippen LogP contribution in [0.1, 0.15) is 19.8 Å². The van der Waals surface area contributed by atoms with Crippen LogP contribution in [0, 0.1) is 0 Å². The van der Waals surface area contributed by atoms with Crippen molar-refractivity contribution in [1.29, 1.82) is 0 Å². The lowest BCUT2D eigenvalue weighted by molar-refractivity contribution is -0.116. The van der Waals surface area contributed by atoms with E-state index in [2.05, 4.69) is 14.9 Å². The lowest BCUT2D eigenvalue weighted by Crippen LogP contribution is -2.54. The molecule has 0 unspecified atom stereocenters. The van der Waals surface area contributed by atoms with Crippen molar-refractivity contribution in [1.82, 2.24) is 9.97 Å². The van der Waals surface area contributed by atoms with Crippen molar-refractivity contribution in [3.8, 4) is 5.88 Å². The highest BCUT2D eigenvalue weighted by atomic mass is 16.5. The van der Waals surface area contributed by atoms with E-state index in [1.54, 1.807) is 12.4 Å². The Labute approximate surface area is 119 Å². The third-order valence-electron chi connectivity index (χ3n) is 3.88. The molecule has 0 atom stereocenters. The number of hydrogen-bond donors (Lipinski definition) is 0. The maximum atomic E-state index is 6.05. The Morgan fingerprint density at radius 1 is 1.25 bits per heavy atom. The highest BCUT2D eigenvalue weighted by Crippen LogP contribution is 2.33. The zero-order valence-electron chi connectivity index (χ0n) is 11.9. The van der Waals surface area contributed by atoms with Gasteiger partial charge in [0.15, 0.2) is 5.82 Å². The molecule has 2 fully saturated rings. The molecule has 6 nitrogen and oxygen atoms in total. The molecule has 0 radical (unpaired) electrons. The van der Waals surface area contributed by atoms with Crippen LogP contribution in [0.2, 0.25) is 0 Å². The first-order valence-corrected chi connectivity index (χ1v) is 7.23. The van der Waals surface area contributed by atoms with Crippen LogP contribution in [0.4, 0.5) is 5.82 Å². The van der Waals surface area contributed by atoms with Crippen LogP contribution in [0.25, 0.3) is 0 Å². The molecule has 1 spiro atoms. The summed E-state index contributed by atoms with van der Waals surface area (Å²) < 4.78 is 17.1. The lowest BCUT2D eigenvalue weighted by Gasteiger charge is -2.45. The van der Waals surface area contributed by atoms with Gasteiger partial charge in [-0.25, -0.2) is 9.97 Å². The molecule has 0 aliphatic carbocycles. The highest BCUT2D eigenvalue weighted by molar-refractivity contribution is 5.48. The van der Waals surface area contributed by atoms with E-state index in [0.717, 1.165) is 45.0 Å². The smallest absolute Gasteiger partial charge is 0.257 e. The summed E-state index contributed by atoms with van der Waals surface area (Å²) in [5.41, 5.74) is -0.0997. The summed E-state index contributed by atoms with van der Waals surface area (Å²) in [6.45, 7) is 6.45. The predicted molar refractivity (Wildman–Crippen MR) is 74.2 cm³/mol. The molecule has 110 valence electrons. The summed E-state index contributed by atoms with van der Waals surface area (Å²) in [7, 11) is 0. The average Bonchev–Trinajstić information content (AvgIpc) is 2.49. The number of morpholine rings is 1. The molecule has 0 aromatic carbocycles. The van der Waals surface area contributed by atoms with Gasteiger partial charge in [-0.3, -0.25) is 0 Å². The number of anilines is 1. The predicted octanol–water partition coefficient (Wildman–Crippen LogP) is 1.26. The SMILES string of the molecule is CCOc1nccnc1N1CCOC2(CCOCC2)C1. The van der Waals surface area contributed by atoms with Gasteiger partial charge in [-0.05, 0) is 6.92 Å². The van der Waals surface area contributed by atoms with E-state index in [1.807, 2.05) is 6.92 Å². The zero-order valence-corrected chi connectivity index (χ0v) is 11.9. The van der Waals surface area contributed by atoms with Gasteiger partial charge in [-0.2, -0.15) is 0 Å². The maximum Gasteiger partial charge on any atom is 0.257 e. The molecule has 3 rings (SSSR count). The van der Waals surface area contributed by atoms with E-state index >= 15 is 0 Å². The van der Waals surface area contributed by atoms with Crippen LogP contribution in [0.3, 0.4) is 0 Å². The average molecular weight is 279 g/mol. The highest BCUT2D eigenvalue weighted by Gasteiger charge is 2.39. The molecule has 1 aromatic rings. The van der Waals surface area contributed by atoms with Crippen molar-refractivity contribution in [2.75, 3.05) is 44.4 Å². The van der Waals surface area contributed by atoms with Gasteiger partial charge >= 0.3 is 0 Å². The van der Waals surface area contributed by atoms with Crippen LogP contribution >= 0.6 is 0 Å². The topological polar surface area (TPSA) is 56.7 Å². The molecular weight excluding hydrogens is 258 g/mol. The maximum absolute atomic E-state index is 6.05. The summed E-state index contributed by atoms with van der Waals surface area (Å²) in [6.07, 6.45) is 5.25. The van der Waals surface area contributed by atoms with Gasteiger partial charge in [0.1, 0.15) is 0 Å². The Bertz CT molecular complexity index is 444. The van der Waals surface area contributed by atoms with E-state index in [0.29, 0.717) is 19.1 Å². The van der Waals surface area contributed by atoms with Crippen molar-refractivity contribution < 1.29 is 14.2 Å². The van der Waals surface area contributed by atoms with Gasteiger partial charge in [0.25, 0.3) is 5.88 Å². The summed E-state index contributed by atoms with van der Waals surface area (Å²) in [6, 6.07) is 0. The Kier molecular flexibility index (Phi) is 4.03. The van der Waals surface area contributed by atoms with Crippen molar-refractivity contribution in [3.05, 3.63) is 12.4 Å². The molecule has 0 amide bonds. The second-order valence-electron chi connectivity index (χ2n) is 5.18. The van der Waals surface area contributed by atoms with E-state index in [-0.39, 0.29) is 5.60 Å². The fraction of sp³-hybridized carbons (Fsp3) is 0.714. The first-order chi connectivity index (χ1) is 9.83. The molecular formula is C14H21N3O3. The van der Waals surface area contributed by atoms with Crippen molar-refractivity contribution in [3.63, 3.8) is 0 Å². The van der Waals surface area contributed by atoms with Gasteiger partial charge in [-0.1, -0.05) is 0 Å². The van der Waals surface area contributed by atoms with Gasteiger partial charge in [0.05, 0.1) is 18.8 Å². The van der Waals surface area contributed by atoms with Crippen LogP contribution < -0.4 is 9.64 Å². The number of hydrogen-bond acceptors (Lipinski definition) is 6. The summed E-state index contributed by atoms with van der Waals surface area (Å²) in [4.78, 5) is 11.0. The number of nitrogens with zero attached hydrogens (tertiary/aromatic N) is 3. The fourth-order valence-corrected chi connectivity index (χ4v) is 2.84. The quantitative estimate of drug-likeness (QED) is 0.830. The molecule has 0 bridgehead atoms. The van der Waals surface area contributed by atoms with Gasteiger partial charge in [0, 0.05) is 51.5 Å². The molecule has 2 aliphatic rings. The second-order valence-corrected chi connectivity index (χ2v) is 5.18. The zero-order chi connectivity index (χ0) is 13.8. The Morgan fingerprint density at radius 2 is 2.05 bits per heavy atom. The van der Waals surface area contributed by atoms with E-state index < -0.39 is 0 Å². The van der Waals surface area contributed by atoms with Gasteiger partial charge < -0.3 is 19.1 Å². The first kappa shape index (κ1) is 13.6. The Hall–Kier alpha value is -1.40. The van der Waals surface area contributed by atoms with Crippen LogP contribution in [-0.2, 0) is 9.47 Å². The van der Waals surface area contributed by atoms with E-state index in [9.17, 15) is 0 Å². The molecule has 0 N–H and O–H groups in total. The number of aromatic nitrogens is 2. The normalized spacial score (nSPS) is 21.9. The minimum Gasteiger partial charge on any atom is -0.475 e. The third kappa shape index (κ3) is 2.71. The Morgan fingerprint density at radius 3 is 2.85 bits per heavy atom. The van der Waals surface area contributed by atoms with Gasteiger partial charge in [-0.15, -0.1) is 0 Å². The summed E-state index contributed by atoms with van der Waals surface area (Å²) in [5.74, 6) is 1.43. The van der Waals surface area contributed by atoms with Crippen molar-refractivity contribution >= 4 is 5.82 Å².